The molecule has 0 aromatic carbocycles. The second-order valence-electron chi connectivity index (χ2n) is 5.34. The SMILES string of the molecule is CCC(C)(O)CNCCC(C)(C)C. The number of aliphatic hydroxyl groups is 1. The molecule has 2 N–H and O–H groups in total. The molecule has 0 aliphatic carbocycles. The van der Waals surface area contributed by atoms with Crippen LogP contribution in [0, 0.1) is 5.41 Å². The molecule has 1 atom stereocenters. The van der Waals surface area contributed by atoms with E-state index in [0.717, 1.165) is 19.4 Å². The van der Waals surface area contributed by atoms with Crippen molar-refractivity contribution in [2.24, 2.45) is 5.41 Å². The highest BCUT2D eigenvalue weighted by atomic mass is 16.3. The second-order valence-corrected chi connectivity index (χ2v) is 5.34. The highest BCUT2D eigenvalue weighted by molar-refractivity contribution is 4.73. The van der Waals surface area contributed by atoms with Crippen molar-refractivity contribution in [1.29, 1.82) is 0 Å². The maximum atomic E-state index is 9.69. The molecule has 80 valence electrons. The lowest BCUT2D eigenvalue weighted by Gasteiger charge is -2.23. The van der Waals surface area contributed by atoms with Crippen LogP contribution in [0.3, 0.4) is 0 Å². The molecule has 0 heterocycles. The fourth-order valence-electron chi connectivity index (χ4n) is 0.946. The van der Waals surface area contributed by atoms with E-state index in [1.807, 2.05) is 13.8 Å². The summed E-state index contributed by atoms with van der Waals surface area (Å²) in [5.74, 6) is 0. The zero-order valence-electron chi connectivity index (χ0n) is 9.78. The molecule has 0 aromatic rings. The molecular weight excluding hydrogens is 162 g/mol. The highest BCUT2D eigenvalue weighted by Gasteiger charge is 2.17. The summed E-state index contributed by atoms with van der Waals surface area (Å²) in [6.07, 6.45) is 1.95. The number of nitrogens with one attached hydrogen (secondary N) is 1. The monoisotopic (exact) mass is 187 g/mol. The van der Waals surface area contributed by atoms with Gasteiger partial charge in [-0.15, -0.1) is 0 Å². The third-order valence-corrected chi connectivity index (χ3v) is 2.32. The molecule has 0 aliphatic rings. The normalized spacial score (nSPS) is 17.1. The molecule has 1 unspecified atom stereocenters. The van der Waals surface area contributed by atoms with E-state index in [0.29, 0.717) is 12.0 Å². The Labute approximate surface area is 82.7 Å². The van der Waals surface area contributed by atoms with E-state index in [4.69, 9.17) is 0 Å². The summed E-state index contributed by atoms with van der Waals surface area (Å²) in [4.78, 5) is 0. The molecule has 0 rings (SSSR count). The van der Waals surface area contributed by atoms with Gasteiger partial charge in [-0.1, -0.05) is 27.7 Å². The van der Waals surface area contributed by atoms with Crippen LogP contribution in [-0.2, 0) is 0 Å². The van der Waals surface area contributed by atoms with Gasteiger partial charge >= 0.3 is 0 Å². The van der Waals surface area contributed by atoms with Crippen LogP contribution in [0.4, 0.5) is 0 Å². The van der Waals surface area contributed by atoms with Crippen molar-refractivity contribution in [2.75, 3.05) is 13.1 Å². The molecule has 0 amide bonds. The molecule has 0 fully saturated rings. The summed E-state index contributed by atoms with van der Waals surface area (Å²) in [6, 6.07) is 0. The van der Waals surface area contributed by atoms with Crippen LogP contribution in [0.25, 0.3) is 0 Å². The molecule has 0 bridgehead atoms. The van der Waals surface area contributed by atoms with Crippen molar-refractivity contribution < 1.29 is 5.11 Å². The first-order chi connectivity index (χ1) is 5.77. The third kappa shape index (κ3) is 8.26. The highest BCUT2D eigenvalue weighted by Crippen LogP contribution is 2.17. The molecule has 13 heavy (non-hydrogen) atoms. The van der Waals surface area contributed by atoms with Crippen molar-refractivity contribution in [1.82, 2.24) is 5.32 Å². The zero-order chi connectivity index (χ0) is 10.5. The lowest BCUT2D eigenvalue weighted by Crippen LogP contribution is -2.38. The van der Waals surface area contributed by atoms with Crippen LogP contribution in [-0.4, -0.2) is 23.8 Å². The molecule has 0 saturated carbocycles. The molecule has 0 aliphatic heterocycles. The first kappa shape index (κ1) is 12.9. The van der Waals surface area contributed by atoms with E-state index in [1.165, 1.54) is 0 Å². The predicted octanol–water partition coefficient (Wildman–Crippen LogP) is 2.17. The number of hydrogen-bond acceptors (Lipinski definition) is 2. The predicted molar refractivity (Wildman–Crippen MR) is 57.9 cm³/mol. The van der Waals surface area contributed by atoms with Crippen LogP contribution in [0.5, 0.6) is 0 Å². The quantitative estimate of drug-likeness (QED) is 0.647. The first-order valence-corrected chi connectivity index (χ1v) is 5.20. The van der Waals surface area contributed by atoms with E-state index in [1.54, 1.807) is 0 Å². The largest absolute Gasteiger partial charge is 0.389 e. The third-order valence-electron chi connectivity index (χ3n) is 2.32. The fourth-order valence-corrected chi connectivity index (χ4v) is 0.946. The van der Waals surface area contributed by atoms with Gasteiger partial charge < -0.3 is 10.4 Å². The van der Waals surface area contributed by atoms with Gasteiger partial charge in [0.15, 0.2) is 0 Å². The smallest absolute Gasteiger partial charge is 0.0740 e. The second kappa shape index (κ2) is 4.97. The van der Waals surface area contributed by atoms with Crippen LogP contribution in [0.15, 0.2) is 0 Å². The van der Waals surface area contributed by atoms with Crippen molar-refractivity contribution in [3.05, 3.63) is 0 Å². The minimum atomic E-state index is -0.544. The van der Waals surface area contributed by atoms with Crippen molar-refractivity contribution >= 4 is 0 Å². The van der Waals surface area contributed by atoms with Crippen molar-refractivity contribution in [2.45, 2.75) is 53.1 Å². The van der Waals surface area contributed by atoms with Gasteiger partial charge in [-0.2, -0.15) is 0 Å². The average molecular weight is 187 g/mol. The lowest BCUT2D eigenvalue weighted by molar-refractivity contribution is 0.0553. The van der Waals surface area contributed by atoms with Crippen molar-refractivity contribution in [3.63, 3.8) is 0 Å². The standard InChI is InChI=1S/C11H25NO/c1-6-11(5,13)9-12-8-7-10(2,3)4/h12-13H,6-9H2,1-5H3. The van der Waals surface area contributed by atoms with Crippen LogP contribution in [0.2, 0.25) is 0 Å². The maximum Gasteiger partial charge on any atom is 0.0740 e. The summed E-state index contributed by atoms with van der Waals surface area (Å²) in [7, 11) is 0. The summed E-state index contributed by atoms with van der Waals surface area (Å²) < 4.78 is 0. The Morgan fingerprint density at radius 1 is 1.15 bits per heavy atom. The molecule has 0 saturated heterocycles. The van der Waals surface area contributed by atoms with E-state index < -0.39 is 5.60 Å². The average Bonchev–Trinajstić information content (AvgIpc) is 1.97. The molecule has 2 nitrogen and oxygen atoms in total. The van der Waals surface area contributed by atoms with Gasteiger partial charge in [-0.3, -0.25) is 0 Å². The van der Waals surface area contributed by atoms with E-state index >= 15 is 0 Å². The maximum absolute atomic E-state index is 9.69. The Bertz CT molecular complexity index is 136. The van der Waals surface area contributed by atoms with Crippen LogP contribution >= 0.6 is 0 Å². The molecular formula is C11H25NO. The van der Waals surface area contributed by atoms with Gasteiger partial charge in [0.05, 0.1) is 5.60 Å². The topological polar surface area (TPSA) is 32.3 Å². The first-order valence-electron chi connectivity index (χ1n) is 5.20. The minimum Gasteiger partial charge on any atom is -0.389 e. The Morgan fingerprint density at radius 3 is 2.08 bits per heavy atom. The van der Waals surface area contributed by atoms with E-state index in [2.05, 4.69) is 26.1 Å². The Kier molecular flexibility index (Phi) is 4.93. The molecule has 0 spiro atoms. The fraction of sp³-hybridized carbons (Fsp3) is 1.00. The van der Waals surface area contributed by atoms with Crippen LogP contribution in [0.1, 0.15) is 47.5 Å². The number of hydrogen-bond donors (Lipinski definition) is 2. The summed E-state index contributed by atoms with van der Waals surface area (Å²) in [6.45, 7) is 12.2. The summed E-state index contributed by atoms with van der Waals surface area (Å²) >= 11 is 0. The minimum absolute atomic E-state index is 0.380. The van der Waals surface area contributed by atoms with Gasteiger partial charge in [0.2, 0.25) is 0 Å². The Morgan fingerprint density at radius 2 is 1.69 bits per heavy atom. The van der Waals surface area contributed by atoms with Gasteiger partial charge in [-0.05, 0) is 31.7 Å². The molecule has 2 heteroatoms. The van der Waals surface area contributed by atoms with Gasteiger partial charge in [0.1, 0.15) is 0 Å². The lowest BCUT2D eigenvalue weighted by atomic mass is 9.92. The summed E-state index contributed by atoms with van der Waals surface area (Å²) in [5.41, 5.74) is -0.164. The van der Waals surface area contributed by atoms with Crippen molar-refractivity contribution in [3.8, 4) is 0 Å². The zero-order valence-corrected chi connectivity index (χ0v) is 9.78. The Hall–Kier alpha value is -0.0800. The number of rotatable bonds is 5. The van der Waals surface area contributed by atoms with Gasteiger partial charge in [-0.25, -0.2) is 0 Å². The van der Waals surface area contributed by atoms with Gasteiger partial charge in [0.25, 0.3) is 0 Å². The van der Waals surface area contributed by atoms with E-state index in [9.17, 15) is 5.11 Å². The summed E-state index contributed by atoms with van der Waals surface area (Å²) in [5, 5.41) is 13.0. The van der Waals surface area contributed by atoms with E-state index in [-0.39, 0.29) is 0 Å². The van der Waals surface area contributed by atoms with Gasteiger partial charge in [0, 0.05) is 6.54 Å². The van der Waals surface area contributed by atoms with Crippen LogP contribution < -0.4 is 5.32 Å². The Balaban J connectivity index is 3.47. The molecule has 0 aromatic heterocycles. The molecule has 0 radical (unpaired) electrons.